The Balaban J connectivity index is 4.36. The smallest absolute Gasteiger partial charge is 0.472 e. The minimum Gasteiger partial charge on any atom is -0.492 e. The molecule has 0 rings (SSSR count). The van der Waals surface area contributed by atoms with Gasteiger partial charge >= 0.3 is 13.8 Å². The predicted octanol–water partition coefficient (Wildman–Crippen LogP) is 13.3. The summed E-state index contributed by atoms with van der Waals surface area (Å²) >= 11 is 0. The van der Waals surface area contributed by atoms with E-state index in [1.807, 2.05) is 27.2 Å². The first-order chi connectivity index (χ1) is 26.6. The lowest BCUT2D eigenvalue weighted by atomic mass is 10.1. The second-order valence-electron chi connectivity index (χ2n) is 15.8. The number of esters is 1. The van der Waals surface area contributed by atoms with E-state index in [1.54, 1.807) is 6.26 Å². The summed E-state index contributed by atoms with van der Waals surface area (Å²) in [6, 6.07) is 0. The van der Waals surface area contributed by atoms with Crippen LogP contribution in [-0.4, -0.2) is 69.0 Å². The van der Waals surface area contributed by atoms with Gasteiger partial charge in [-0.05, 0) is 89.5 Å². The molecule has 0 aromatic heterocycles. The average Bonchev–Trinajstić information content (AvgIpc) is 3.14. The third-order valence-corrected chi connectivity index (χ3v) is 10.1. The molecule has 9 heteroatoms. The van der Waals surface area contributed by atoms with Gasteiger partial charge in [0.2, 0.25) is 0 Å². The monoisotopic (exact) mass is 795 g/mol. The summed E-state index contributed by atoms with van der Waals surface area (Å²) < 4.78 is 34.7. The van der Waals surface area contributed by atoms with E-state index in [0.717, 1.165) is 70.6 Å². The molecule has 0 aliphatic heterocycles. The van der Waals surface area contributed by atoms with Gasteiger partial charge in [0.25, 0.3) is 0 Å². The number of hydrogen-bond acceptors (Lipinski definition) is 6. The molecule has 320 valence electrons. The summed E-state index contributed by atoms with van der Waals surface area (Å²) in [5.41, 5.74) is 0. The van der Waals surface area contributed by atoms with Crippen LogP contribution in [0.15, 0.2) is 60.9 Å². The quantitative estimate of drug-likeness (QED) is 0.0165. The van der Waals surface area contributed by atoms with Crippen LogP contribution in [0.1, 0.15) is 174 Å². The number of nitrogens with zero attached hydrogens (tertiary/aromatic N) is 1. The lowest BCUT2D eigenvalue weighted by molar-refractivity contribution is -0.870. The second kappa shape index (κ2) is 38.9. The van der Waals surface area contributed by atoms with Gasteiger partial charge in [-0.2, -0.15) is 0 Å². The molecule has 1 N–H and O–H groups in total. The molecule has 0 aromatic carbocycles. The van der Waals surface area contributed by atoms with Gasteiger partial charge in [0.1, 0.15) is 19.8 Å². The molecule has 0 aliphatic carbocycles. The number of rotatable bonds is 40. The van der Waals surface area contributed by atoms with Crippen LogP contribution in [0.2, 0.25) is 0 Å². The fourth-order valence-electron chi connectivity index (χ4n) is 5.60. The number of carbonyl (C=O) groups is 1. The van der Waals surface area contributed by atoms with Gasteiger partial charge in [0.05, 0.1) is 34.0 Å². The first-order valence-corrected chi connectivity index (χ1v) is 23.6. The highest BCUT2D eigenvalue weighted by molar-refractivity contribution is 7.47. The van der Waals surface area contributed by atoms with E-state index < -0.39 is 13.9 Å². The second-order valence-corrected chi connectivity index (χ2v) is 17.2. The van der Waals surface area contributed by atoms with Crippen molar-refractivity contribution >= 4 is 13.8 Å². The third kappa shape index (κ3) is 43.0. The zero-order chi connectivity index (χ0) is 40.6. The van der Waals surface area contributed by atoms with Crippen LogP contribution < -0.4 is 0 Å². The van der Waals surface area contributed by atoms with Crippen LogP contribution in [0.5, 0.6) is 0 Å². The third-order valence-electron chi connectivity index (χ3n) is 9.14. The summed E-state index contributed by atoms with van der Waals surface area (Å²) in [5, 5.41) is 0. The zero-order valence-electron chi connectivity index (χ0n) is 36.1. The molecule has 0 bridgehead atoms. The van der Waals surface area contributed by atoms with Crippen LogP contribution in [0.3, 0.4) is 0 Å². The summed E-state index contributed by atoms with van der Waals surface area (Å²) in [5.74, 6) is -0.302. The molecular weight excluding hydrogens is 709 g/mol. The van der Waals surface area contributed by atoms with E-state index in [-0.39, 0.29) is 25.8 Å². The summed E-state index contributed by atoms with van der Waals surface area (Å²) in [6.07, 6.45) is 49.2. The highest BCUT2D eigenvalue weighted by Gasteiger charge is 2.25. The van der Waals surface area contributed by atoms with E-state index >= 15 is 0 Å². The Bertz CT molecular complexity index is 1060. The van der Waals surface area contributed by atoms with Gasteiger partial charge in [-0.15, -0.1) is 0 Å². The van der Waals surface area contributed by atoms with Crippen molar-refractivity contribution in [1.29, 1.82) is 0 Å². The van der Waals surface area contributed by atoms with Crippen molar-refractivity contribution in [3.8, 4) is 0 Å². The van der Waals surface area contributed by atoms with Gasteiger partial charge in [0, 0.05) is 6.42 Å². The number of unbranched alkanes of at least 4 members (excludes halogenated alkanes) is 18. The summed E-state index contributed by atoms with van der Waals surface area (Å²) in [4.78, 5) is 22.7. The maximum absolute atomic E-state index is 12.5. The Kier molecular flexibility index (Phi) is 37.5. The number of phosphoric ester groups is 1. The minimum atomic E-state index is -4.28. The number of allylic oxidation sites excluding steroid dienone is 9. The summed E-state index contributed by atoms with van der Waals surface area (Å²) in [7, 11) is 1.65. The number of carbonyl (C=O) groups excluding carboxylic acids is 1. The topological polar surface area (TPSA) is 91.3 Å². The molecule has 2 unspecified atom stereocenters. The zero-order valence-corrected chi connectivity index (χ0v) is 37.0. The fourth-order valence-corrected chi connectivity index (χ4v) is 6.34. The van der Waals surface area contributed by atoms with E-state index in [4.69, 9.17) is 18.5 Å². The number of quaternary nitrogens is 1. The molecule has 0 aliphatic rings. The number of hydrogen-bond donors (Lipinski definition) is 1. The van der Waals surface area contributed by atoms with Crippen molar-refractivity contribution < 1.29 is 37.3 Å². The standard InChI is InChI=1S/C46H84NO7P/c1-6-8-10-12-14-16-18-20-22-24-25-27-29-31-33-35-37-39-46(48)52-43-45(44-54-55(49,50)53-42-40-47(3,4)5)51-41-38-36-34-32-30-28-26-23-21-19-17-15-13-11-9-7-2/h14,16,20-23,25,27,38,41,45H,6-13,15,17-19,24,26,28-37,39-40,42-44H2,1-5H3/p+1/b16-14-,22-20-,23-21-,27-25-,41-38-. The number of likely N-dealkylation sites (N-methyl/N-ethyl adjacent to an activating group) is 1. The predicted molar refractivity (Wildman–Crippen MR) is 233 cm³/mol. The van der Waals surface area contributed by atoms with E-state index in [2.05, 4.69) is 62.5 Å². The van der Waals surface area contributed by atoms with Crippen molar-refractivity contribution in [3.05, 3.63) is 60.9 Å². The van der Waals surface area contributed by atoms with Crippen LogP contribution in [-0.2, 0) is 27.9 Å². The highest BCUT2D eigenvalue weighted by Crippen LogP contribution is 2.43. The Labute approximate surface area is 339 Å². The van der Waals surface area contributed by atoms with Gasteiger partial charge < -0.3 is 18.9 Å². The van der Waals surface area contributed by atoms with Crippen molar-refractivity contribution in [3.63, 3.8) is 0 Å². The largest absolute Gasteiger partial charge is 0.492 e. The molecule has 0 aromatic rings. The molecule has 0 radical (unpaired) electrons. The Morgan fingerprint density at radius 2 is 1.02 bits per heavy atom. The number of ether oxygens (including phenoxy) is 2. The van der Waals surface area contributed by atoms with Gasteiger partial charge in [-0.3, -0.25) is 13.8 Å². The highest BCUT2D eigenvalue weighted by atomic mass is 31.2. The molecule has 0 saturated carbocycles. The van der Waals surface area contributed by atoms with Gasteiger partial charge in [0.15, 0.2) is 6.10 Å². The molecule has 0 fully saturated rings. The van der Waals surface area contributed by atoms with E-state index in [9.17, 15) is 14.3 Å². The number of phosphoric acid groups is 1. The lowest BCUT2D eigenvalue weighted by Gasteiger charge is -2.24. The maximum atomic E-state index is 12.5. The van der Waals surface area contributed by atoms with Crippen LogP contribution in [0.25, 0.3) is 0 Å². The lowest BCUT2D eigenvalue weighted by Crippen LogP contribution is -2.37. The molecule has 2 atom stereocenters. The van der Waals surface area contributed by atoms with Crippen molar-refractivity contribution in [2.24, 2.45) is 0 Å². The first kappa shape index (κ1) is 53.0. The van der Waals surface area contributed by atoms with Crippen molar-refractivity contribution in [2.45, 2.75) is 180 Å². The van der Waals surface area contributed by atoms with Crippen molar-refractivity contribution in [2.75, 3.05) is 47.5 Å². The molecule has 0 spiro atoms. The van der Waals surface area contributed by atoms with Gasteiger partial charge in [-0.25, -0.2) is 4.57 Å². The van der Waals surface area contributed by atoms with E-state index in [0.29, 0.717) is 17.4 Å². The molecule has 0 saturated heterocycles. The fraction of sp³-hybridized carbons (Fsp3) is 0.761. The molecule has 0 amide bonds. The maximum Gasteiger partial charge on any atom is 0.472 e. The van der Waals surface area contributed by atoms with Crippen LogP contribution >= 0.6 is 7.82 Å². The molecule has 0 heterocycles. The average molecular weight is 795 g/mol. The van der Waals surface area contributed by atoms with Gasteiger partial charge in [-0.1, -0.05) is 133 Å². The Morgan fingerprint density at radius 3 is 1.56 bits per heavy atom. The minimum absolute atomic E-state index is 0.0666. The van der Waals surface area contributed by atoms with Crippen molar-refractivity contribution in [1.82, 2.24) is 0 Å². The molecule has 8 nitrogen and oxygen atoms in total. The summed E-state index contributed by atoms with van der Waals surface area (Å²) in [6.45, 7) is 4.83. The van der Waals surface area contributed by atoms with Crippen LogP contribution in [0.4, 0.5) is 0 Å². The molecular formula is C46H85NO7P+. The Hall–Kier alpha value is -1.96. The first-order valence-electron chi connectivity index (χ1n) is 22.1. The van der Waals surface area contributed by atoms with Crippen LogP contribution in [0, 0.1) is 0 Å². The van der Waals surface area contributed by atoms with E-state index in [1.165, 1.54) is 83.5 Å². The molecule has 55 heavy (non-hydrogen) atoms. The SMILES string of the molecule is CCCCC/C=C\C/C=C\C/C=C\CCCCCCC(=O)OCC(COP(=O)(O)OCC[N+](C)(C)C)O/C=C\CCCCCC/C=C\CCCCCCCC. The Morgan fingerprint density at radius 1 is 0.582 bits per heavy atom. The normalized spacial score (nSPS) is 14.3.